The summed E-state index contributed by atoms with van der Waals surface area (Å²) in [5, 5.41) is 9.13. The number of rotatable bonds is 2. The minimum atomic E-state index is 0.0921. The topological polar surface area (TPSA) is 66.6 Å². The highest BCUT2D eigenvalue weighted by Gasteiger charge is 2.50. The number of aliphatic hydroxyl groups excluding tert-OH is 1. The Morgan fingerprint density at radius 1 is 1.17 bits per heavy atom. The third-order valence-corrected chi connectivity index (χ3v) is 5.45. The highest BCUT2D eigenvalue weighted by Crippen LogP contribution is 2.48. The van der Waals surface area contributed by atoms with E-state index in [1.165, 1.54) is 19.3 Å². The molecule has 0 aromatic carbocycles. The van der Waals surface area contributed by atoms with Gasteiger partial charge < -0.3 is 15.7 Å². The second kappa shape index (κ2) is 4.82. The molecular weight excluding hydrogens is 228 g/mol. The third kappa shape index (κ3) is 1.95. The smallest absolute Gasteiger partial charge is 0.227 e. The van der Waals surface area contributed by atoms with Crippen LogP contribution in [0, 0.1) is 23.7 Å². The fourth-order valence-corrected chi connectivity index (χ4v) is 4.25. The Morgan fingerprint density at radius 3 is 2.39 bits per heavy atom. The van der Waals surface area contributed by atoms with Crippen molar-refractivity contribution in [2.45, 2.75) is 38.1 Å². The van der Waals surface area contributed by atoms with E-state index in [1.807, 2.05) is 4.90 Å². The Labute approximate surface area is 109 Å². The largest absolute Gasteiger partial charge is 0.396 e. The normalized spacial score (nSPS) is 40.4. The van der Waals surface area contributed by atoms with Gasteiger partial charge >= 0.3 is 0 Å². The monoisotopic (exact) mass is 252 g/mol. The molecule has 0 radical (unpaired) electrons. The van der Waals surface area contributed by atoms with Crippen molar-refractivity contribution < 1.29 is 9.90 Å². The number of fused-ring (bicyclic) bond motifs is 2. The summed E-state index contributed by atoms with van der Waals surface area (Å²) in [5.74, 6) is 1.93. The summed E-state index contributed by atoms with van der Waals surface area (Å²) in [5.41, 5.74) is 6.24. The van der Waals surface area contributed by atoms with Crippen molar-refractivity contribution in [3.63, 3.8) is 0 Å². The second-order valence-electron chi connectivity index (χ2n) is 6.39. The Kier molecular flexibility index (Phi) is 3.32. The lowest BCUT2D eigenvalue weighted by Crippen LogP contribution is -2.49. The predicted molar refractivity (Wildman–Crippen MR) is 68.7 cm³/mol. The number of carbonyl (C=O) groups is 1. The molecule has 3 rings (SSSR count). The summed E-state index contributed by atoms with van der Waals surface area (Å²) in [6.45, 7) is 1.88. The first-order valence-electron chi connectivity index (χ1n) is 7.36. The number of nitrogens with two attached hydrogens (primary N) is 1. The van der Waals surface area contributed by atoms with Gasteiger partial charge in [0.15, 0.2) is 0 Å². The van der Waals surface area contributed by atoms with E-state index in [4.69, 9.17) is 10.8 Å². The number of nitrogens with zero attached hydrogens (tertiary/aromatic N) is 1. The molecule has 3 aliphatic rings. The van der Waals surface area contributed by atoms with Gasteiger partial charge in [0.2, 0.25) is 5.91 Å². The fraction of sp³-hybridized carbons (Fsp3) is 0.929. The van der Waals surface area contributed by atoms with Gasteiger partial charge in [-0.15, -0.1) is 0 Å². The van der Waals surface area contributed by atoms with Gasteiger partial charge in [0.1, 0.15) is 0 Å². The molecule has 2 aliphatic carbocycles. The number of hydrogen-bond donors (Lipinski definition) is 2. The van der Waals surface area contributed by atoms with Crippen molar-refractivity contribution in [2.24, 2.45) is 29.4 Å². The van der Waals surface area contributed by atoms with Gasteiger partial charge in [-0.25, -0.2) is 0 Å². The van der Waals surface area contributed by atoms with Crippen LogP contribution in [0.15, 0.2) is 0 Å². The molecule has 1 heterocycles. The maximum absolute atomic E-state index is 12.6. The first kappa shape index (κ1) is 12.4. The highest BCUT2D eigenvalue weighted by atomic mass is 16.3. The molecule has 4 atom stereocenters. The molecule has 0 aromatic rings. The SMILES string of the molecule is NC1C2CCC(C2)C1C(=O)N1CCC(CO)CC1. The molecule has 0 aromatic heterocycles. The summed E-state index contributed by atoms with van der Waals surface area (Å²) in [4.78, 5) is 14.6. The lowest BCUT2D eigenvalue weighted by molar-refractivity contribution is -0.139. The van der Waals surface area contributed by atoms with E-state index < -0.39 is 0 Å². The zero-order chi connectivity index (χ0) is 12.7. The van der Waals surface area contributed by atoms with E-state index in [9.17, 15) is 4.79 Å². The van der Waals surface area contributed by atoms with Crippen LogP contribution in [0.2, 0.25) is 0 Å². The van der Waals surface area contributed by atoms with E-state index in [0.717, 1.165) is 25.9 Å². The number of hydrogen-bond acceptors (Lipinski definition) is 3. The fourth-order valence-electron chi connectivity index (χ4n) is 4.25. The van der Waals surface area contributed by atoms with E-state index >= 15 is 0 Å². The Bertz CT molecular complexity index is 324. The summed E-state index contributed by atoms with van der Waals surface area (Å²) in [6, 6.07) is 0.104. The van der Waals surface area contributed by atoms with E-state index in [0.29, 0.717) is 23.7 Å². The lowest BCUT2D eigenvalue weighted by Gasteiger charge is -2.36. The van der Waals surface area contributed by atoms with Crippen LogP contribution in [0.1, 0.15) is 32.1 Å². The molecule has 18 heavy (non-hydrogen) atoms. The molecule has 4 nitrogen and oxygen atoms in total. The van der Waals surface area contributed by atoms with Crippen molar-refractivity contribution >= 4 is 5.91 Å². The minimum absolute atomic E-state index is 0.0921. The average Bonchev–Trinajstić information content (AvgIpc) is 2.99. The second-order valence-corrected chi connectivity index (χ2v) is 6.39. The number of carbonyl (C=O) groups excluding carboxylic acids is 1. The third-order valence-electron chi connectivity index (χ3n) is 5.45. The van der Waals surface area contributed by atoms with Gasteiger partial charge in [0.05, 0.1) is 5.92 Å². The van der Waals surface area contributed by atoms with E-state index in [1.54, 1.807) is 0 Å². The molecule has 2 bridgehead atoms. The Hall–Kier alpha value is -0.610. The van der Waals surface area contributed by atoms with Crippen molar-refractivity contribution in [3.05, 3.63) is 0 Å². The minimum Gasteiger partial charge on any atom is -0.396 e. The molecular formula is C14H24N2O2. The zero-order valence-electron chi connectivity index (χ0n) is 10.9. The summed E-state index contributed by atoms with van der Waals surface area (Å²) in [6.07, 6.45) is 5.48. The number of piperidine rings is 1. The molecule has 2 saturated carbocycles. The molecule has 4 heteroatoms. The molecule has 3 N–H and O–H groups in total. The van der Waals surface area contributed by atoms with E-state index in [2.05, 4.69) is 0 Å². The number of amides is 1. The van der Waals surface area contributed by atoms with Crippen molar-refractivity contribution in [1.82, 2.24) is 4.90 Å². The van der Waals surface area contributed by atoms with E-state index in [-0.39, 0.29) is 18.6 Å². The number of aliphatic hydroxyl groups is 1. The Morgan fingerprint density at radius 2 is 1.83 bits per heavy atom. The van der Waals surface area contributed by atoms with Gasteiger partial charge in [-0.3, -0.25) is 4.79 Å². The molecule has 4 unspecified atom stereocenters. The maximum Gasteiger partial charge on any atom is 0.227 e. The van der Waals surface area contributed by atoms with Crippen molar-refractivity contribution in [1.29, 1.82) is 0 Å². The van der Waals surface area contributed by atoms with Crippen LogP contribution in [0.4, 0.5) is 0 Å². The lowest BCUT2D eigenvalue weighted by atomic mass is 9.83. The van der Waals surface area contributed by atoms with Gasteiger partial charge in [-0.2, -0.15) is 0 Å². The maximum atomic E-state index is 12.6. The zero-order valence-corrected chi connectivity index (χ0v) is 10.9. The van der Waals surface area contributed by atoms with Gasteiger partial charge in [0.25, 0.3) is 0 Å². The quantitative estimate of drug-likeness (QED) is 0.756. The van der Waals surface area contributed by atoms with Gasteiger partial charge in [-0.05, 0) is 49.9 Å². The molecule has 0 spiro atoms. The molecule has 1 saturated heterocycles. The van der Waals surface area contributed by atoms with Crippen LogP contribution in [0.5, 0.6) is 0 Å². The molecule has 102 valence electrons. The van der Waals surface area contributed by atoms with Crippen LogP contribution in [0.3, 0.4) is 0 Å². The Balaban J connectivity index is 1.62. The predicted octanol–water partition coefficient (Wildman–Crippen LogP) is 0.591. The van der Waals surface area contributed by atoms with Crippen LogP contribution in [-0.2, 0) is 4.79 Å². The summed E-state index contributed by atoms with van der Waals surface area (Å²) in [7, 11) is 0. The average molecular weight is 252 g/mol. The van der Waals surface area contributed by atoms with Gasteiger partial charge in [0, 0.05) is 25.7 Å². The summed E-state index contributed by atoms with van der Waals surface area (Å²) < 4.78 is 0. The van der Waals surface area contributed by atoms with Crippen LogP contribution >= 0.6 is 0 Å². The van der Waals surface area contributed by atoms with Crippen molar-refractivity contribution in [2.75, 3.05) is 19.7 Å². The first-order valence-corrected chi connectivity index (χ1v) is 7.36. The molecule has 1 amide bonds. The van der Waals surface area contributed by atoms with Crippen LogP contribution in [0.25, 0.3) is 0 Å². The van der Waals surface area contributed by atoms with Crippen LogP contribution < -0.4 is 5.73 Å². The number of likely N-dealkylation sites (tertiary alicyclic amines) is 1. The van der Waals surface area contributed by atoms with Crippen molar-refractivity contribution in [3.8, 4) is 0 Å². The summed E-state index contributed by atoms with van der Waals surface area (Å²) >= 11 is 0. The first-order chi connectivity index (χ1) is 8.70. The van der Waals surface area contributed by atoms with Gasteiger partial charge in [-0.1, -0.05) is 0 Å². The highest BCUT2D eigenvalue weighted by molar-refractivity contribution is 5.80. The molecule has 1 aliphatic heterocycles. The molecule has 3 fully saturated rings. The standard InChI is InChI=1S/C14H24N2O2/c15-13-11-2-1-10(7-11)12(13)14(18)16-5-3-9(8-17)4-6-16/h9-13,17H,1-8,15H2. The van der Waals surface area contributed by atoms with Crippen LogP contribution in [-0.4, -0.2) is 41.7 Å².